The molecule has 0 bridgehead atoms. The molecule has 0 aromatic heterocycles. The molecule has 4 nitrogen and oxygen atoms in total. The Morgan fingerprint density at radius 3 is 2.31 bits per heavy atom. The average molecular weight is 404 g/mol. The van der Waals surface area contributed by atoms with Crippen LogP contribution in [0.25, 0.3) is 5.76 Å². The molecule has 0 aliphatic carbocycles. The summed E-state index contributed by atoms with van der Waals surface area (Å²) in [6, 6.07) is 22.3. The van der Waals surface area contributed by atoms with Crippen LogP contribution in [0.5, 0.6) is 0 Å². The second-order valence-electron chi connectivity index (χ2n) is 6.90. The van der Waals surface area contributed by atoms with Crippen LogP contribution >= 0.6 is 11.6 Å². The molecule has 1 aliphatic heterocycles. The van der Waals surface area contributed by atoms with E-state index in [0.29, 0.717) is 21.8 Å². The maximum atomic E-state index is 13.0. The van der Waals surface area contributed by atoms with Crippen molar-refractivity contribution in [1.29, 1.82) is 0 Å². The molecule has 3 aromatic rings. The van der Waals surface area contributed by atoms with Gasteiger partial charge in [0.05, 0.1) is 11.6 Å². The summed E-state index contributed by atoms with van der Waals surface area (Å²) in [5.41, 5.74) is 2.59. The fraction of sp³-hybridized carbons (Fsp3) is 0.0833. The quantitative estimate of drug-likeness (QED) is 0.368. The van der Waals surface area contributed by atoms with E-state index < -0.39 is 17.7 Å². The molecule has 1 aliphatic rings. The minimum absolute atomic E-state index is 0.0239. The monoisotopic (exact) mass is 403 g/mol. The van der Waals surface area contributed by atoms with Crippen molar-refractivity contribution in [2.24, 2.45) is 0 Å². The van der Waals surface area contributed by atoms with Crippen molar-refractivity contribution in [3.63, 3.8) is 0 Å². The number of nitrogens with zero attached hydrogens (tertiary/aromatic N) is 1. The number of carbonyl (C=O) groups is 2. The lowest BCUT2D eigenvalue weighted by molar-refractivity contribution is -0.132. The first kappa shape index (κ1) is 19.0. The lowest BCUT2D eigenvalue weighted by Gasteiger charge is -2.26. The summed E-state index contributed by atoms with van der Waals surface area (Å²) in [7, 11) is 0. The van der Waals surface area contributed by atoms with Gasteiger partial charge in [-0.25, -0.2) is 0 Å². The smallest absolute Gasteiger partial charge is 0.300 e. The summed E-state index contributed by atoms with van der Waals surface area (Å²) in [5.74, 6) is -1.65. The predicted octanol–water partition coefficient (Wildman–Crippen LogP) is 5.27. The summed E-state index contributed by atoms with van der Waals surface area (Å²) in [5, 5.41) is 11.4. The third-order valence-electron chi connectivity index (χ3n) is 4.97. The molecule has 1 fully saturated rings. The molecular formula is C24H18ClNO3. The van der Waals surface area contributed by atoms with E-state index in [1.165, 1.54) is 4.90 Å². The van der Waals surface area contributed by atoms with Gasteiger partial charge < -0.3 is 5.11 Å². The number of anilines is 1. The number of rotatable bonds is 3. The van der Waals surface area contributed by atoms with Gasteiger partial charge in [0.25, 0.3) is 11.7 Å². The topological polar surface area (TPSA) is 57.6 Å². The highest BCUT2D eigenvalue weighted by Gasteiger charge is 2.47. The maximum absolute atomic E-state index is 13.0. The number of hydrogen-bond donors (Lipinski definition) is 1. The van der Waals surface area contributed by atoms with Gasteiger partial charge in [0.1, 0.15) is 5.76 Å². The number of aryl methyl sites for hydroxylation is 1. The minimum Gasteiger partial charge on any atom is -0.507 e. The predicted molar refractivity (Wildman–Crippen MR) is 114 cm³/mol. The zero-order valence-corrected chi connectivity index (χ0v) is 16.4. The van der Waals surface area contributed by atoms with E-state index in [2.05, 4.69) is 0 Å². The largest absolute Gasteiger partial charge is 0.507 e. The van der Waals surface area contributed by atoms with E-state index in [0.717, 1.165) is 5.56 Å². The van der Waals surface area contributed by atoms with Gasteiger partial charge in [-0.1, -0.05) is 72.3 Å². The SMILES string of the molecule is Cc1cccc(N2C(=O)C(=O)/C(=C(/O)c3ccccc3)[C@@H]2c2ccccc2Cl)c1. The number of ketones is 1. The number of aliphatic hydroxyl groups excluding tert-OH is 1. The van der Waals surface area contributed by atoms with Gasteiger partial charge in [-0.05, 0) is 36.2 Å². The molecule has 1 atom stereocenters. The van der Waals surface area contributed by atoms with Crippen LogP contribution in [0.2, 0.25) is 5.02 Å². The Morgan fingerprint density at radius 2 is 1.62 bits per heavy atom. The van der Waals surface area contributed by atoms with E-state index in [-0.39, 0.29) is 11.3 Å². The third kappa shape index (κ3) is 3.32. The van der Waals surface area contributed by atoms with Gasteiger partial charge in [0, 0.05) is 16.3 Å². The number of carbonyl (C=O) groups excluding carboxylic acids is 2. The lowest BCUT2D eigenvalue weighted by atomic mass is 9.95. The number of halogens is 1. The molecular weight excluding hydrogens is 386 g/mol. The molecule has 0 radical (unpaired) electrons. The number of amides is 1. The molecule has 144 valence electrons. The zero-order chi connectivity index (χ0) is 20.5. The molecule has 0 saturated carbocycles. The first-order valence-corrected chi connectivity index (χ1v) is 9.54. The Labute approximate surface area is 173 Å². The molecule has 0 unspecified atom stereocenters. The standard InChI is InChI=1S/C24H18ClNO3/c1-15-8-7-11-17(14-15)26-21(18-12-5-6-13-19(18)25)20(23(28)24(26)29)22(27)16-9-3-2-4-10-16/h2-14,21,27H,1H3/b22-20+/t21-/m0/s1. The fourth-order valence-corrected chi connectivity index (χ4v) is 3.86. The minimum atomic E-state index is -0.828. The van der Waals surface area contributed by atoms with Crippen LogP contribution in [-0.2, 0) is 9.59 Å². The van der Waals surface area contributed by atoms with Crippen LogP contribution in [0.15, 0.2) is 84.4 Å². The van der Waals surface area contributed by atoms with Crippen LogP contribution < -0.4 is 4.90 Å². The normalized spacial score (nSPS) is 18.3. The maximum Gasteiger partial charge on any atom is 0.300 e. The molecule has 1 amide bonds. The van der Waals surface area contributed by atoms with Crippen LogP contribution in [0.4, 0.5) is 5.69 Å². The summed E-state index contributed by atoms with van der Waals surface area (Å²) in [6.45, 7) is 1.91. The molecule has 1 saturated heterocycles. The van der Waals surface area contributed by atoms with Gasteiger partial charge in [-0.2, -0.15) is 0 Å². The van der Waals surface area contributed by atoms with Crippen molar-refractivity contribution < 1.29 is 14.7 Å². The van der Waals surface area contributed by atoms with Gasteiger partial charge in [0.15, 0.2) is 0 Å². The Kier molecular flexibility index (Phi) is 4.95. The fourth-order valence-electron chi connectivity index (χ4n) is 3.62. The van der Waals surface area contributed by atoms with E-state index in [9.17, 15) is 14.7 Å². The second-order valence-corrected chi connectivity index (χ2v) is 7.30. The molecule has 0 spiro atoms. The molecule has 4 rings (SSSR count). The van der Waals surface area contributed by atoms with Crippen molar-refractivity contribution in [2.75, 3.05) is 4.90 Å². The van der Waals surface area contributed by atoms with Crippen LogP contribution in [0.3, 0.4) is 0 Å². The lowest BCUT2D eigenvalue weighted by Crippen LogP contribution is -2.29. The van der Waals surface area contributed by atoms with Gasteiger partial charge in [-0.3, -0.25) is 14.5 Å². The van der Waals surface area contributed by atoms with Crippen molar-refractivity contribution in [3.05, 3.63) is 106 Å². The highest BCUT2D eigenvalue weighted by molar-refractivity contribution is 6.52. The van der Waals surface area contributed by atoms with Crippen LogP contribution in [-0.4, -0.2) is 16.8 Å². The first-order valence-electron chi connectivity index (χ1n) is 9.16. The highest BCUT2D eigenvalue weighted by Crippen LogP contribution is 2.44. The van der Waals surface area contributed by atoms with Gasteiger partial charge in [0.2, 0.25) is 0 Å². The van der Waals surface area contributed by atoms with Crippen molar-refractivity contribution in [2.45, 2.75) is 13.0 Å². The van der Waals surface area contributed by atoms with E-state index in [1.54, 1.807) is 54.6 Å². The Bertz CT molecular complexity index is 1140. The average Bonchev–Trinajstić information content (AvgIpc) is 2.99. The summed E-state index contributed by atoms with van der Waals surface area (Å²) in [4.78, 5) is 27.5. The van der Waals surface area contributed by atoms with Crippen LogP contribution in [0.1, 0.15) is 22.7 Å². The molecule has 1 N–H and O–H groups in total. The summed E-state index contributed by atoms with van der Waals surface area (Å²) >= 11 is 6.45. The Morgan fingerprint density at radius 1 is 0.931 bits per heavy atom. The molecule has 1 heterocycles. The number of benzene rings is 3. The summed E-state index contributed by atoms with van der Waals surface area (Å²) in [6.07, 6.45) is 0. The third-order valence-corrected chi connectivity index (χ3v) is 5.32. The second kappa shape index (κ2) is 7.57. The van der Waals surface area contributed by atoms with Gasteiger partial charge in [-0.15, -0.1) is 0 Å². The Balaban J connectivity index is 1.99. The number of Topliss-reactive ketones (excluding diaryl/α,β-unsaturated/α-hetero) is 1. The van der Waals surface area contributed by atoms with E-state index in [4.69, 9.17) is 11.6 Å². The molecule has 3 aromatic carbocycles. The molecule has 29 heavy (non-hydrogen) atoms. The van der Waals surface area contributed by atoms with Crippen molar-refractivity contribution >= 4 is 34.7 Å². The highest BCUT2D eigenvalue weighted by atomic mass is 35.5. The zero-order valence-electron chi connectivity index (χ0n) is 15.7. The van der Waals surface area contributed by atoms with Crippen LogP contribution in [0, 0.1) is 6.92 Å². The number of aliphatic hydroxyl groups is 1. The van der Waals surface area contributed by atoms with E-state index >= 15 is 0 Å². The first-order chi connectivity index (χ1) is 14.0. The number of hydrogen-bond acceptors (Lipinski definition) is 3. The van der Waals surface area contributed by atoms with Crippen molar-refractivity contribution in [3.8, 4) is 0 Å². The van der Waals surface area contributed by atoms with Crippen molar-refractivity contribution in [1.82, 2.24) is 0 Å². The van der Waals surface area contributed by atoms with Gasteiger partial charge >= 0.3 is 0 Å². The summed E-state index contributed by atoms with van der Waals surface area (Å²) < 4.78 is 0. The van der Waals surface area contributed by atoms with E-state index in [1.807, 2.05) is 31.2 Å². The molecule has 5 heteroatoms. The Hall–Kier alpha value is -3.37.